The Kier molecular flexibility index (Phi) is 3.57. The van der Waals surface area contributed by atoms with Gasteiger partial charge in [0.05, 0.1) is 12.1 Å². The summed E-state index contributed by atoms with van der Waals surface area (Å²) in [5.74, 6) is 0.583. The lowest BCUT2D eigenvalue weighted by molar-refractivity contribution is 0.155. The van der Waals surface area contributed by atoms with Gasteiger partial charge in [-0.2, -0.15) is 4.39 Å². The van der Waals surface area contributed by atoms with Crippen LogP contribution in [0.15, 0.2) is 12.4 Å². The molecule has 2 N–H and O–H groups in total. The second-order valence-corrected chi connectivity index (χ2v) is 4.97. The van der Waals surface area contributed by atoms with E-state index in [0.29, 0.717) is 11.7 Å². The van der Waals surface area contributed by atoms with Crippen molar-refractivity contribution >= 4 is 5.82 Å². The quantitative estimate of drug-likeness (QED) is 0.792. The monoisotopic (exact) mass is 239 g/mol. The fourth-order valence-corrected chi connectivity index (χ4v) is 2.31. The van der Waals surface area contributed by atoms with Crippen LogP contribution < -0.4 is 5.32 Å². The molecule has 1 aliphatic carbocycles. The average Bonchev–Trinajstić information content (AvgIpc) is 2.33. The lowest BCUT2D eigenvalue weighted by Gasteiger charge is -2.39. The zero-order valence-corrected chi connectivity index (χ0v) is 9.99. The van der Waals surface area contributed by atoms with Crippen molar-refractivity contribution in [2.45, 2.75) is 38.1 Å². The highest BCUT2D eigenvalue weighted by Crippen LogP contribution is 2.33. The second-order valence-electron chi connectivity index (χ2n) is 4.97. The third kappa shape index (κ3) is 2.91. The topological polar surface area (TPSA) is 58.0 Å². The van der Waals surface area contributed by atoms with Gasteiger partial charge in [0.2, 0.25) is 5.95 Å². The first-order valence-electron chi connectivity index (χ1n) is 6.00. The summed E-state index contributed by atoms with van der Waals surface area (Å²) in [5.41, 5.74) is -0.354. The molecule has 1 heterocycles. The van der Waals surface area contributed by atoms with Gasteiger partial charge in [-0.05, 0) is 31.6 Å². The molecule has 0 aliphatic heterocycles. The zero-order chi connectivity index (χ0) is 12.3. The molecule has 2 rings (SSSR count). The summed E-state index contributed by atoms with van der Waals surface area (Å²) in [5, 5.41) is 12.7. The molecule has 1 fully saturated rings. The van der Waals surface area contributed by atoms with Gasteiger partial charge in [-0.1, -0.05) is 6.92 Å². The van der Waals surface area contributed by atoms with Crippen molar-refractivity contribution in [3.05, 3.63) is 18.3 Å². The summed E-state index contributed by atoms with van der Waals surface area (Å²) in [7, 11) is 0. The fraction of sp³-hybridized carbons (Fsp3) is 0.667. The van der Waals surface area contributed by atoms with Crippen molar-refractivity contribution in [3.8, 4) is 0 Å². The molecule has 0 saturated heterocycles. The van der Waals surface area contributed by atoms with E-state index in [4.69, 9.17) is 0 Å². The van der Waals surface area contributed by atoms with Crippen molar-refractivity contribution in [3.63, 3.8) is 0 Å². The average molecular weight is 239 g/mol. The molecule has 5 heteroatoms. The van der Waals surface area contributed by atoms with Gasteiger partial charge >= 0.3 is 0 Å². The Balaban J connectivity index is 2.09. The number of aromatic nitrogens is 2. The molecule has 0 bridgehead atoms. The van der Waals surface area contributed by atoms with Gasteiger partial charge in [-0.15, -0.1) is 0 Å². The molecule has 0 spiro atoms. The minimum Gasteiger partial charge on any atom is -0.394 e. The van der Waals surface area contributed by atoms with Gasteiger partial charge in [-0.25, -0.2) is 9.97 Å². The molecular weight excluding hydrogens is 221 g/mol. The Hall–Kier alpha value is -1.23. The zero-order valence-electron chi connectivity index (χ0n) is 9.99. The minimum atomic E-state index is -0.556. The van der Waals surface area contributed by atoms with Crippen LogP contribution >= 0.6 is 0 Å². The van der Waals surface area contributed by atoms with E-state index in [2.05, 4.69) is 22.2 Å². The van der Waals surface area contributed by atoms with Crippen molar-refractivity contribution in [1.29, 1.82) is 0 Å². The van der Waals surface area contributed by atoms with Crippen LogP contribution in [0.5, 0.6) is 0 Å². The van der Waals surface area contributed by atoms with Gasteiger partial charge < -0.3 is 10.4 Å². The number of aliphatic hydroxyl groups excluding tert-OH is 1. The van der Waals surface area contributed by atoms with Crippen LogP contribution in [0.4, 0.5) is 10.2 Å². The van der Waals surface area contributed by atoms with Crippen LogP contribution in [-0.4, -0.2) is 27.2 Å². The van der Waals surface area contributed by atoms with Gasteiger partial charge in [0.25, 0.3) is 0 Å². The van der Waals surface area contributed by atoms with Gasteiger partial charge in [0, 0.05) is 6.07 Å². The molecule has 1 saturated carbocycles. The Bertz CT molecular complexity index is 378. The smallest absolute Gasteiger partial charge is 0.217 e. The molecule has 0 aromatic carbocycles. The van der Waals surface area contributed by atoms with Crippen LogP contribution in [0.3, 0.4) is 0 Å². The Morgan fingerprint density at radius 3 is 2.76 bits per heavy atom. The number of hydrogen-bond donors (Lipinski definition) is 2. The van der Waals surface area contributed by atoms with Crippen molar-refractivity contribution in [1.82, 2.24) is 9.97 Å². The van der Waals surface area contributed by atoms with Gasteiger partial charge in [0.1, 0.15) is 12.1 Å². The molecular formula is C12H18FN3O. The number of rotatable bonds is 3. The van der Waals surface area contributed by atoms with Crippen molar-refractivity contribution in [2.75, 3.05) is 11.9 Å². The number of nitrogens with zero attached hydrogens (tertiary/aromatic N) is 2. The van der Waals surface area contributed by atoms with Crippen LogP contribution in [0.2, 0.25) is 0 Å². The summed E-state index contributed by atoms with van der Waals surface area (Å²) >= 11 is 0. The molecule has 0 amide bonds. The molecule has 94 valence electrons. The summed E-state index contributed by atoms with van der Waals surface area (Å²) in [4.78, 5) is 7.39. The van der Waals surface area contributed by atoms with E-state index in [1.54, 1.807) is 0 Å². The Labute approximate surface area is 100 Å². The largest absolute Gasteiger partial charge is 0.394 e. The summed E-state index contributed by atoms with van der Waals surface area (Å²) < 4.78 is 13.0. The summed E-state index contributed by atoms with van der Waals surface area (Å²) in [6.07, 6.45) is 5.10. The number of aliphatic hydroxyl groups is 1. The molecule has 0 unspecified atom stereocenters. The van der Waals surface area contributed by atoms with Gasteiger partial charge in [-0.3, -0.25) is 0 Å². The van der Waals surface area contributed by atoms with Crippen LogP contribution in [0.1, 0.15) is 32.6 Å². The number of hydrogen-bond acceptors (Lipinski definition) is 4. The third-order valence-corrected chi connectivity index (χ3v) is 3.56. The van der Waals surface area contributed by atoms with Crippen LogP contribution in [0.25, 0.3) is 0 Å². The molecule has 1 aliphatic rings. The van der Waals surface area contributed by atoms with Crippen molar-refractivity contribution in [2.24, 2.45) is 5.92 Å². The first-order chi connectivity index (χ1) is 8.13. The van der Waals surface area contributed by atoms with E-state index in [1.165, 1.54) is 12.4 Å². The molecule has 1 aromatic rings. The highest BCUT2D eigenvalue weighted by atomic mass is 19.1. The van der Waals surface area contributed by atoms with E-state index in [1.807, 2.05) is 0 Å². The second kappa shape index (κ2) is 4.96. The lowest BCUT2D eigenvalue weighted by Crippen LogP contribution is -2.45. The third-order valence-electron chi connectivity index (χ3n) is 3.56. The lowest BCUT2D eigenvalue weighted by atomic mass is 9.77. The highest BCUT2D eigenvalue weighted by molar-refractivity contribution is 5.36. The molecule has 4 nitrogen and oxygen atoms in total. The maximum Gasteiger partial charge on any atom is 0.217 e. The predicted octanol–water partition coefficient (Wildman–Crippen LogP) is 1.97. The SMILES string of the molecule is CC1CCC(CO)(Nc2cc(F)ncn2)CC1. The number of anilines is 1. The van der Waals surface area contributed by atoms with E-state index in [-0.39, 0.29) is 12.1 Å². The normalized spacial score (nSPS) is 29.0. The molecule has 0 radical (unpaired) electrons. The summed E-state index contributed by atoms with van der Waals surface area (Å²) in [6.45, 7) is 2.26. The number of nitrogens with one attached hydrogen (secondary N) is 1. The Morgan fingerprint density at radius 1 is 1.47 bits per heavy atom. The Morgan fingerprint density at radius 2 is 2.18 bits per heavy atom. The van der Waals surface area contributed by atoms with E-state index < -0.39 is 5.95 Å². The first kappa shape index (κ1) is 12.2. The fourth-order valence-electron chi connectivity index (χ4n) is 2.31. The first-order valence-corrected chi connectivity index (χ1v) is 6.00. The van der Waals surface area contributed by atoms with Crippen LogP contribution in [0, 0.1) is 11.9 Å². The molecule has 17 heavy (non-hydrogen) atoms. The number of halogens is 1. The maximum atomic E-state index is 13.0. The van der Waals surface area contributed by atoms with E-state index in [0.717, 1.165) is 25.7 Å². The summed E-state index contributed by atoms with van der Waals surface area (Å²) in [6, 6.07) is 1.26. The van der Waals surface area contributed by atoms with Crippen molar-refractivity contribution < 1.29 is 9.50 Å². The molecule has 1 aromatic heterocycles. The minimum absolute atomic E-state index is 0.0470. The predicted molar refractivity (Wildman–Crippen MR) is 63.1 cm³/mol. The van der Waals surface area contributed by atoms with E-state index in [9.17, 15) is 9.50 Å². The van der Waals surface area contributed by atoms with Crippen LogP contribution in [-0.2, 0) is 0 Å². The maximum absolute atomic E-state index is 13.0. The standard InChI is InChI=1S/C12H18FN3O/c1-9-2-4-12(7-17,5-3-9)16-11-6-10(13)14-8-15-11/h6,8-9,17H,2-5,7H2,1H3,(H,14,15,16). The van der Waals surface area contributed by atoms with E-state index >= 15 is 0 Å². The van der Waals surface area contributed by atoms with Gasteiger partial charge in [0.15, 0.2) is 0 Å². The highest BCUT2D eigenvalue weighted by Gasteiger charge is 2.33. The molecule has 0 atom stereocenters.